The highest BCUT2D eigenvalue weighted by Gasteiger charge is 2.16. The Morgan fingerprint density at radius 2 is 1.81 bits per heavy atom. The topological polar surface area (TPSA) is 131 Å². The van der Waals surface area contributed by atoms with Crippen LogP contribution in [0.2, 0.25) is 5.02 Å². The molecule has 4 aromatic rings. The first-order chi connectivity index (χ1) is 17.9. The van der Waals surface area contributed by atoms with Crippen molar-refractivity contribution < 1.29 is 8.76 Å². The molecule has 0 spiro atoms. The molecule has 2 aromatic heterocycles. The largest absolute Gasteiger partial charge is 0.353 e. The number of nitrogens with zero attached hydrogens (tertiary/aromatic N) is 6. The van der Waals surface area contributed by atoms with Crippen molar-refractivity contribution >= 4 is 62.9 Å². The van der Waals surface area contributed by atoms with Gasteiger partial charge in [-0.3, -0.25) is 9.54 Å². The average Bonchev–Trinajstić information content (AvgIpc) is 2.90. The lowest BCUT2D eigenvalue weighted by molar-refractivity contribution is 0.312. The Labute approximate surface area is 221 Å². The quantitative estimate of drug-likeness (QED) is 0.246. The molecule has 1 aliphatic heterocycles. The van der Waals surface area contributed by atoms with Crippen LogP contribution in [0.4, 0.5) is 29.0 Å². The zero-order valence-electron chi connectivity index (χ0n) is 20.1. The number of hydrogen-bond acceptors (Lipinski definition) is 9. The number of benzene rings is 2. The lowest BCUT2D eigenvalue weighted by Crippen LogP contribution is -2.44. The van der Waals surface area contributed by atoms with Crippen molar-refractivity contribution in [2.45, 2.75) is 6.54 Å². The molecule has 3 heterocycles. The van der Waals surface area contributed by atoms with Gasteiger partial charge in [0.2, 0.25) is 17.2 Å². The van der Waals surface area contributed by atoms with Crippen molar-refractivity contribution in [3.63, 3.8) is 0 Å². The molecule has 11 nitrogen and oxygen atoms in total. The molecule has 37 heavy (non-hydrogen) atoms. The van der Waals surface area contributed by atoms with Crippen LogP contribution in [0, 0.1) is 0 Å². The van der Waals surface area contributed by atoms with Gasteiger partial charge in [-0.25, -0.2) is 18.9 Å². The molecule has 192 valence electrons. The van der Waals surface area contributed by atoms with E-state index >= 15 is 0 Å². The van der Waals surface area contributed by atoms with E-state index in [4.69, 9.17) is 21.1 Å². The van der Waals surface area contributed by atoms with E-state index in [1.165, 1.54) is 6.20 Å². The van der Waals surface area contributed by atoms with Crippen LogP contribution in [-0.2, 0) is 17.8 Å². The van der Waals surface area contributed by atoms with Gasteiger partial charge in [0.1, 0.15) is 10.8 Å². The minimum Gasteiger partial charge on any atom is -0.353 e. The van der Waals surface area contributed by atoms with E-state index in [1.54, 1.807) is 0 Å². The van der Waals surface area contributed by atoms with Gasteiger partial charge in [0.15, 0.2) is 5.82 Å². The summed E-state index contributed by atoms with van der Waals surface area (Å²) in [5.41, 5.74) is 3.81. The number of para-hydroxylation sites is 1. The summed E-state index contributed by atoms with van der Waals surface area (Å²) < 4.78 is 22.5. The fourth-order valence-electron chi connectivity index (χ4n) is 3.97. The fraction of sp³-hybridized carbons (Fsp3) is 0.250. The first kappa shape index (κ1) is 25.2. The lowest BCUT2D eigenvalue weighted by Gasteiger charge is -2.33. The summed E-state index contributed by atoms with van der Waals surface area (Å²) in [5, 5.41) is 6.72. The third-order valence-corrected chi connectivity index (χ3v) is 6.68. The molecule has 1 atom stereocenters. The second-order valence-corrected chi connectivity index (χ2v) is 9.78. The van der Waals surface area contributed by atoms with E-state index in [2.05, 4.69) is 47.2 Å². The Bertz CT molecular complexity index is 1430. The molecule has 0 saturated carbocycles. The van der Waals surface area contributed by atoms with Gasteiger partial charge >= 0.3 is 0 Å². The van der Waals surface area contributed by atoms with E-state index in [0.717, 1.165) is 54.3 Å². The lowest BCUT2D eigenvalue weighted by atomic mass is 10.2. The van der Waals surface area contributed by atoms with Gasteiger partial charge in [-0.15, -0.1) is 0 Å². The summed E-state index contributed by atoms with van der Waals surface area (Å²) >= 11 is 4.23. The van der Waals surface area contributed by atoms with Gasteiger partial charge < -0.3 is 20.4 Å². The summed E-state index contributed by atoms with van der Waals surface area (Å²) in [6.45, 7) is 4.07. The van der Waals surface area contributed by atoms with Gasteiger partial charge in [0.25, 0.3) is 0 Å². The molecule has 0 aliphatic carbocycles. The minimum absolute atomic E-state index is 0.189. The third-order valence-electron chi connectivity index (χ3n) is 6.01. The van der Waals surface area contributed by atoms with Crippen LogP contribution in [-0.4, -0.2) is 66.8 Å². The predicted molar refractivity (Wildman–Crippen MR) is 147 cm³/mol. The number of halogens is 1. The van der Waals surface area contributed by atoms with Crippen LogP contribution in [0.15, 0.2) is 54.9 Å². The van der Waals surface area contributed by atoms with E-state index in [0.29, 0.717) is 22.5 Å². The number of anilines is 5. The highest BCUT2D eigenvalue weighted by Crippen LogP contribution is 2.27. The molecule has 0 radical (unpaired) electrons. The maximum atomic E-state index is 11.0. The van der Waals surface area contributed by atoms with Crippen molar-refractivity contribution in [1.29, 1.82) is 0 Å². The standard InChI is InChI=1S/C24H26ClN9O2S/c1-33-8-10-34(11-9-33)22-15-26-21-12-17(6-7-20(21)30-22)29-24-27-14-18(25)23(32-24)31-19-5-3-2-4-16(19)13-28-37(35)36/h2-7,12,14-15,28H,8-11,13H2,1H3,(H,35,36)(H2,27,29,31,32). The SMILES string of the molecule is CN1CCN(c2cnc3cc(Nc4ncc(Cl)c(Nc5ccccc5CNS(=O)O)n4)ccc3n2)CC1. The van der Waals surface area contributed by atoms with E-state index in [9.17, 15) is 4.21 Å². The molecule has 13 heteroatoms. The van der Waals surface area contributed by atoms with Crippen LogP contribution in [0.3, 0.4) is 0 Å². The van der Waals surface area contributed by atoms with Crippen LogP contribution in [0.1, 0.15) is 5.56 Å². The highest BCUT2D eigenvalue weighted by atomic mass is 35.5. The van der Waals surface area contributed by atoms with Crippen molar-refractivity contribution in [2.75, 3.05) is 48.8 Å². The van der Waals surface area contributed by atoms with Crippen molar-refractivity contribution in [1.82, 2.24) is 29.6 Å². The summed E-state index contributed by atoms with van der Waals surface area (Å²) in [7, 11) is 2.13. The zero-order valence-corrected chi connectivity index (χ0v) is 21.6. The Balaban J connectivity index is 1.32. The van der Waals surface area contributed by atoms with Gasteiger partial charge in [-0.05, 0) is 36.9 Å². The van der Waals surface area contributed by atoms with Crippen molar-refractivity contribution in [3.05, 3.63) is 65.4 Å². The van der Waals surface area contributed by atoms with Gasteiger partial charge in [-0.2, -0.15) is 4.98 Å². The first-order valence-electron chi connectivity index (χ1n) is 11.6. The molecule has 1 fully saturated rings. The Hall–Kier alpha value is -3.42. The number of rotatable bonds is 8. The maximum Gasteiger partial charge on any atom is 0.232 e. The predicted octanol–water partition coefficient (Wildman–Crippen LogP) is 3.54. The van der Waals surface area contributed by atoms with Gasteiger partial charge in [-0.1, -0.05) is 29.8 Å². The number of piperazine rings is 1. The molecule has 2 aromatic carbocycles. The molecule has 5 rings (SSSR count). The minimum atomic E-state index is -2.12. The van der Waals surface area contributed by atoms with Crippen LogP contribution in [0.25, 0.3) is 11.0 Å². The van der Waals surface area contributed by atoms with Crippen LogP contribution >= 0.6 is 11.6 Å². The summed E-state index contributed by atoms with van der Waals surface area (Å²) in [6.07, 6.45) is 3.32. The number of hydrogen-bond donors (Lipinski definition) is 4. The number of aromatic nitrogens is 4. The molecule has 1 saturated heterocycles. The molecular formula is C24H26ClN9O2S. The maximum absolute atomic E-state index is 11.0. The highest BCUT2D eigenvalue weighted by molar-refractivity contribution is 7.77. The fourth-order valence-corrected chi connectivity index (χ4v) is 4.39. The second kappa shape index (κ2) is 11.3. The Morgan fingerprint density at radius 3 is 2.62 bits per heavy atom. The third kappa shape index (κ3) is 6.29. The summed E-state index contributed by atoms with van der Waals surface area (Å²) in [4.78, 5) is 22.8. The Morgan fingerprint density at radius 1 is 1.00 bits per heavy atom. The van der Waals surface area contributed by atoms with E-state index in [1.807, 2.05) is 48.7 Å². The smallest absolute Gasteiger partial charge is 0.232 e. The number of fused-ring (bicyclic) bond motifs is 1. The zero-order chi connectivity index (χ0) is 25.8. The van der Waals surface area contributed by atoms with E-state index < -0.39 is 11.3 Å². The molecule has 0 bridgehead atoms. The molecule has 1 aliphatic rings. The number of likely N-dealkylation sites (N-methyl/N-ethyl adjacent to an activating group) is 1. The first-order valence-corrected chi connectivity index (χ1v) is 13.1. The van der Waals surface area contributed by atoms with Crippen molar-refractivity contribution in [3.8, 4) is 0 Å². The Kier molecular flexibility index (Phi) is 7.72. The summed E-state index contributed by atoms with van der Waals surface area (Å²) in [6, 6.07) is 13.1. The molecular weight excluding hydrogens is 514 g/mol. The molecule has 0 amide bonds. The molecule has 4 N–H and O–H groups in total. The van der Waals surface area contributed by atoms with Crippen molar-refractivity contribution in [2.24, 2.45) is 0 Å². The second-order valence-electron chi connectivity index (χ2n) is 8.59. The monoisotopic (exact) mass is 539 g/mol. The van der Waals surface area contributed by atoms with Gasteiger partial charge in [0, 0.05) is 44.1 Å². The van der Waals surface area contributed by atoms with Crippen LogP contribution in [0.5, 0.6) is 0 Å². The summed E-state index contributed by atoms with van der Waals surface area (Å²) in [5.74, 6) is 1.63. The van der Waals surface area contributed by atoms with Crippen LogP contribution < -0.4 is 20.3 Å². The normalized spacial score (nSPS) is 15.1. The van der Waals surface area contributed by atoms with Gasteiger partial charge in [0.05, 0.1) is 23.4 Å². The van der Waals surface area contributed by atoms with E-state index in [-0.39, 0.29) is 6.54 Å². The number of nitrogens with one attached hydrogen (secondary N) is 3. The average molecular weight is 540 g/mol. The molecule has 1 unspecified atom stereocenters.